The van der Waals surface area contributed by atoms with Crippen molar-refractivity contribution in [2.45, 2.75) is 0 Å². The molecular formula is C23H18Cl2N4O4S. The molecular weight excluding hydrogens is 499 g/mol. The quantitative estimate of drug-likeness (QED) is 0.125. The summed E-state index contributed by atoms with van der Waals surface area (Å²) in [4.78, 5) is 35.7. The summed E-state index contributed by atoms with van der Waals surface area (Å²) in [6.07, 6.45) is 0. The van der Waals surface area contributed by atoms with Gasteiger partial charge in [-0.05, 0) is 18.2 Å². The Hall–Kier alpha value is -3.53. The van der Waals surface area contributed by atoms with E-state index in [1.165, 1.54) is 18.2 Å². The topological polar surface area (TPSA) is 113 Å². The van der Waals surface area contributed by atoms with E-state index in [0.29, 0.717) is 17.8 Å². The van der Waals surface area contributed by atoms with E-state index in [-0.39, 0.29) is 44.3 Å². The molecule has 11 heteroatoms. The van der Waals surface area contributed by atoms with Crippen LogP contribution in [0.15, 0.2) is 66.7 Å². The monoisotopic (exact) mass is 516 g/mol. The van der Waals surface area contributed by atoms with E-state index in [0.717, 1.165) is 0 Å². The number of thiocarbonyl (C=S) groups is 1. The summed E-state index contributed by atoms with van der Waals surface area (Å²) in [6.45, 7) is 0.602. The van der Waals surface area contributed by atoms with Gasteiger partial charge in [0, 0.05) is 30.8 Å². The van der Waals surface area contributed by atoms with Crippen LogP contribution in [0.4, 0.5) is 17.1 Å². The van der Waals surface area contributed by atoms with Crippen LogP contribution in [0.1, 0.15) is 15.9 Å². The molecule has 8 nitrogen and oxygen atoms in total. The van der Waals surface area contributed by atoms with Crippen molar-refractivity contribution >= 4 is 69.2 Å². The number of nitro groups is 1. The highest BCUT2D eigenvalue weighted by molar-refractivity contribution is 7.82. The Morgan fingerprint density at radius 3 is 2.32 bits per heavy atom. The maximum absolute atomic E-state index is 12.9. The minimum atomic E-state index is -0.604. The van der Waals surface area contributed by atoms with Gasteiger partial charge in [0.1, 0.15) is 0 Å². The number of carbonyl (C=O) groups is 2. The molecule has 0 aromatic heterocycles. The largest absolute Gasteiger partial charge is 0.382 e. The molecule has 0 spiro atoms. The maximum atomic E-state index is 12.9. The highest BCUT2D eigenvalue weighted by atomic mass is 35.5. The second-order valence-corrected chi connectivity index (χ2v) is 8.14. The number of hydrogen-bond donors (Lipinski definition) is 3. The third kappa shape index (κ3) is 6.28. The van der Waals surface area contributed by atoms with Crippen LogP contribution in [0, 0.1) is 10.1 Å². The molecule has 0 atom stereocenters. The molecule has 3 N–H and O–H groups in total. The fraction of sp³-hybridized carbons (Fsp3) is 0.0870. The first-order valence-electron chi connectivity index (χ1n) is 9.93. The van der Waals surface area contributed by atoms with Crippen molar-refractivity contribution in [3.63, 3.8) is 0 Å². The highest BCUT2D eigenvalue weighted by Crippen LogP contribution is 2.28. The van der Waals surface area contributed by atoms with Gasteiger partial charge in [-0.3, -0.25) is 19.7 Å². The Balaban J connectivity index is 1.58. The smallest absolute Gasteiger partial charge is 0.283 e. The van der Waals surface area contributed by atoms with Crippen LogP contribution in [0.2, 0.25) is 10.0 Å². The number of halogens is 2. The lowest BCUT2D eigenvalue weighted by atomic mass is 10.0. The van der Waals surface area contributed by atoms with Gasteiger partial charge >= 0.3 is 0 Å². The van der Waals surface area contributed by atoms with Crippen LogP contribution >= 0.6 is 35.4 Å². The highest BCUT2D eigenvalue weighted by Gasteiger charge is 2.20. The molecule has 0 saturated heterocycles. The molecule has 3 aromatic rings. The van der Waals surface area contributed by atoms with Crippen LogP contribution in [0.25, 0.3) is 0 Å². The fourth-order valence-electron chi connectivity index (χ4n) is 2.99. The molecule has 0 saturated carbocycles. The molecule has 0 bridgehead atoms. The van der Waals surface area contributed by atoms with E-state index in [1.807, 2.05) is 0 Å². The third-order valence-corrected chi connectivity index (χ3v) is 5.58. The number of nitrogens with one attached hydrogen (secondary N) is 3. The van der Waals surface area contributed by atoms with E-state index >= 15 is 0 Å². The number of carbonyl (C=O) groups excluding carboxylic acids is 2. The second kappa shape index (κ2) is 11.6. The van der Waals surface area contributed by atoms with E-state index in [2.05, 4.69) is 16.0 Å². The zero-order valence-corrected chi connectivity index (χ0v) is 19.8. The van der Waals surface area contributed by atoms with Crippen molar-refractivity contribution in [3.8, 4) is 0 Å². The summed E-state index contributed by atoms with van der Waals surface area (Å²) >= 11 is 17.4. The molecule has 3 aromatic carbocycles. The minimum absolute atomic E-state index is 0.0883. The lowest BCUT2D eigenvalue weighted by molar-refractivity contribution is -0.384. The predicted octanol–water partition coefficient (Wildman–Crippen LogP) is 5.10. The number of nitrogens with zero attached hydrogens (tertiary/aromatic N) is 1. The normalized spacial score (nSPS) is 10.3. The lowest BCUT2D eigenvalue weighted by Gasteiger charge is -2.14. The average molecular weight is 517 g/mol. The molecule has 3 rings (SSSR count). The predicted molar refractivity (Wildman–Crippen MR) is 137 cm³/mol. The van der Waals surface area contributed by atoms with Crippen molar-refractivity contribution < 1.29 is 14.5 Å². The molecule has 0 radical (unpaired) electrons. The van der Waals surface area contributed by atoms with Gasteiger partial charge in [-0.1, -0.05) is 71.8 Å². The second-order valence-electron chi connectivity index (χ2n) is 6.92. The summed E-state index contributed by atoms with van der Waals surface area (Å²) < 4.78 is 0. The van der Waals surface area contributed by atoms with Gasteiger partial charge in [-0.25, -0.2) is 0 Å². The summed E-state index contributed by atoms with van der Waals surface area (Å²) in [6, 6.07) is 17.4. The Labute approximate surface area is 210 Å². The minimum Gasteiger partial charge on any atom is -0.382 e. The van der Waals surface area contributed by atoms with Crippen molar-refractivity contribution in [1.82, 2.24) is 5.32 Å². The number of amides is 1. The lowest BCUT2D eigenvalue weighted by Crippen LogP contribution is -2.36. The van der Waals surface area contributed by atoms with Crippen LogP contribution < -0.4 is 16.0 Å². The number of anilines is 2. The number of nitro benzene ring substituents is 1. The summed E-state index contributed by atoms with van der Waals surface area (Å²) in [5, 5.41) is 19.6. The van der Waals surface area contributed by atoms with Gasteiger partial charge in [0.15, 0.2) is 10.8 Å². The zero-order chi connectivity index (χ0) is 24.7. The van der Waals surface area contributed by atoms with E-state index in [9.17, 15) is 19.7 Å². The van der Waals surface area contributed by atoms with Crippen molar-refractivity contribution in [2.24, 2.45) is 0 Å². The molecule has 174 valence electrons. The van der Waals surface area contributed by atoms with E-state index in [1.54, 1.807) is 48.5 Å². The number of rotatable bonds is 8. The van der Waals surface area contributed by atoms with Crippen LogP contribution in [0.3, 0.4) is 0 Å². The average Bonchev–Trinajstić information content (AvgIpc) is 2.82. The first-order chi connectivity index (χ1) is 16.3. The standard InChI is InChI=1S/C23H18Cl2N4O4S/c24-16-7-4-8-19(20(16)21(30)14-5-2-1-3-6-14)28-22(31)23(34)27-12-11-26-18-10-9-15(29(32)33)13-17(18)25/h1-10,13,26H,11-12H2,(H,27,34)(H,28,31). The molecule has 0 aliphatic carbocycles. The first kappa shape index (κ1) is 25.1. The van der Waals surface area contributed by atoms with Crippen molar-refractivity contribution in [3.05, 3.63) is 98.0 Å². The molecule has 0 aliphatic rings. The van der Waals surface area contributed by atoms with Gasteiger partial charge < -0.3 is 16.0 Å². The van der Waals surface area contributed by atoms with Crippen LogP contribution in [0.5, 0.6) is 0 Å². The van der Waals surface area contributed by atoms with Crippen molar-refractivity contribution in [2.75, 3.05) is 23.7 Å². The number of benzene rings is 3. The first-order valence-corrected chi connectivity index (χ1v) is 11.1. The van der Waals surface area contributed by atoms with E-state index in [4.69, 9.17) is 35.4 Å². The van der Waals surface area contributed by atoms with Crippen LogP contribution in [-0.2, 0) is 4.79 Å². The summed E-state index contributed by atoms with van der Waals surface area (Å²) in [5.74, 6) is -0.933. The number of hydrogen-bond acceptors (Lipinski definition) is 6. The fourth-order valence-corrected chi connectivity index (χ4v) is 3.64. The maximum Gasteiger partial charge on any atom is 0.283 e. The Kier molecular flexibility index (Phi) is 8.53. The van der Waals surface area contributed by atoms with Gasteiger partial charge in [-0.15, -0.1) is 0 Å². The van der Waals surface area contributed by atoms with Gasteiger partial charge in [0.25, 0.3) is 11.6 Å². The SMILES string of the molecule is O=C(Nc1cccc(Cl)c1C(=O)c1ccccc1)C(=S)NCCNc1ccc([N+](=O)[O-])cc1Cl. The molecule has 0 aliphatic heterocycles. The van der Waals surface area contributed by atoms with Crippen molar-refractivity contribution in [1.29, 1.82) is 0 Å². The zero-order valence-electron chi connectivity index (χ0n) is 17.5. The Morgan fingerprint density at radius 1 is 0.912 bits per heavy atom. The van der Waals surface area contributed by atoms with Crippen LogP contribution in [-0.4, -0.2) is 34.7 Å². The third-order valence-electron chi connectivity index (χ3n) is 4.62. The summed E-state index contributed by atoms with van der Waals surface area (Å²) in [5.41, 5.74) is 1.24. The van der Waals surface area contributed by atoms with Gasteiger partial charge in [0.05, 0.1) is 31.9 Å². The number of ketones is 1. The molecule has 0 heterocycles. The molecule has 1 amide bonds. The Bertz CT molecular complexity index is 1250. The van der Waals surface area contributed by atoms with E-state index < -0.39 is 10.8 Å². The van der Waals surface area contributed by atoms with Gasteiger partial charge in [-0.2, -0.15) is 0 Å². The summed E-state index contributed by atoms with van der Waals surface area (Å²) in [7, 11) is 0. The molecule has 0 unspecified atom stereocenters. The molecule has 0 fully saturated rings. The Morgan fingerprint density at radius 2 is 1.65 bits per heavy atom. The number of non-ortho nitro benzene ring substituents is 1. The molecule has 34 heavy (non-hydrogen) atoms. The van der Waals surface area contributed by atoms with Gasteiger partial charge in [0.2, 0.25) is 0 Å².